The van der Waals surface area contributed by atoms with Crippen LogP contribution in [0.5, 0.6) is 0 Å². The van der Waals surface area contributed by atoms with Crippen LogP contribution in [0.15, 0.2) is 35.9 Å². The summed E-state index contributed by atoms with van der Waals surface area (Å²) in [5, 5.41) is 0. The van der Waals surface area contributed by atoms with Gasteiger partial charge in [-0.1, -0.05) is 37.6 Å². The Balaban J connectivity index is 1.21. The Bertz CT molecular complexity index is 990. The zero-order valence-corrected chi connectivity index (χ0v) is 19.3. The molecular weight excluding hydrogens is 402 g/mol. The summed E-state index contributed by atoms with van der Waals surface area (Å²) in [6, 6.07) is 6.61. The zero-order valence-electron chi connectivity index (χ0n) is 19.3. The second-order valence-electron chi connectivity index (χ2n) is 10.6. The lowest BCUT2D eigenvalue weighted by Crippen LogP contribution is -2.51. The van der Waals surface area contributed by atoms with Crippen molar-refractivity contribution in [3.63, 3.8) is 0 Å². The van der Waals surface area contributed by atoms with Crippen LogP contribution < -0.4 is 4.90 Å². The van der Waals surface area contributed by atoms with Crippen LogP contribution in [0.4, 0.5) is 10.5 Å². The molecule has 0 aromatic heterocycles. The van der Waals surface area contributed by atoms with E-state index in [1.807, 2.05) is 0 Å². The number of imide groups is 1. The Morgan fingerprint density at radius 3 is 2.56 bits per heavy atom. The van der Waals surface area contributed by atoms with Crippen molar-refractivity contribution in [1.29, 1.82) is 0 Å². The Labute approximate surface area is 190 Å². The van der Waals surface area contributed by atoms with E-state index in [0.29, 0.717) is 16.7 Å². The summed E-state index contributed by atoms with van der Waals surface area (Å²) < 4.78 is 0. The van der Waals surface area contributed by atoms with E-state index in [9.17, 15) is 14.4 Å². The van der Waals surface area contributed by atoms with Gasteiger partial charge in [-0.25, -0.2) is 9.69 Å². The number of fused-ring (bicyclic) bond motifs is 1. The third kappa shape index (κ3) is 3.49. The van der Waals surface area contributed by atoms with E-state index in [4.69, 9.17) is 0 Å². The second-order valence-corrected chi connectivity index (χ2v) is 10.6. The highest BCUT2D eigenvalue weighted by Gasteiger charge is 2.51. The summed E-state index contributed by atoms with van der Waals surface area (Å²) in [5.74, 6) is 1.30. The molecule has 5 aliphatic rings. The molecule has 32 heavy (non-hydrogen) atoms. The maximum Gasteiger partial charge on any atom is 0.332 e. The zero-order chi connectivity index (χ0) is 22.6. The summed E-state index contributed by atoms with van der Waals surface area (Å²) >= 11 is 0. The monoisotopic (exact) mass is 435 g/mol. The topological polar surface area (TPSA) is 60.9 Å². The van der Waals surface area contributed by atoms with Gasteiger partial charge in [0.05, 0.1) is 5.69 Å². The highest BCUT2D eigenvalue weighted by Crippen LogP contribution is 2.59. The molecule has 2 saturated heterocycles. The number of allylic oxidation sites excluding steroid dienone is 1. The van der Waals surface area contributed by atoms with Crippen molar-refractivity contribution >= 4 is 23.4 Å². The van der Waals surface area contributed by atoms with Gasteiger partial charge in [-0.15, -0.1) is 0 Å². The highest BCUT2D eigenvalue weighted by molar-refractivity contribution is 6.20. The highest BCUT2D eigenvalue weighted by atomic mass is 16.2. The number of carbonyl (C=O) groups excluding carboxylic acids is 3. The van der Waals surface area contributed by atoms with Crippen LogP contribution in [0.3, 0.4) is 0 Å². The molecule has 2 bridgehead atoms. The predicted octanol–water partition coefficient (Wildman–Crippen LogP) is 4.11. The number of benzene rings is 1. The van der Waals surface area contributed by atoms with Crippen LogP contribution in [0.1, 0.15) is 56.8 Å². The quantitative estimate of drug-likeness (QED) is 0.397. The minimum Gasteiger partial charge on any atom is -0.312 e. The summed E-state index contributed by atoms with van der Waals surface area (Å²) in [4.78, 5) is 43.1. The molecule has 3 fully saturated rings. The van der Waals surface area contributed by atoms with E-state index in [-0.39, 0.29) is 30.3 Å². The van der Waals surface area contributed by atoms with Crippen molar-refractivity contribution in [2.45, 2.75) is 52.5 Å². The number of likely N-dealkylation sites (tertiary alicyclic amines) is 1. The van der Waals surface area contributed by atoms with Gasteiger partial charge in [-0.3, -0.25) is 14.5 Å². The molecule has 1 aromatic carbocycles. The van der Waals surface area contributed by atoms with Gasteiger partial charge in [-0.05, 0) is 62.0 Å². The molecule has 0 radical (unpaired) electrons. The first kappa shape index (κ1) is 21.4. The van der Waals surface area contributed by atoms with Crippen molar-refractivity contribution in [3.8, 4) is 0 Å². The molecule has 2 heterocycles. The largest absolute Gasteiger partial charge is 0.332 e. The fraction of sp³-hybridized carbons (Fsp3) is 0.577. The number of rotatable bonds is 5. The van der Waals surface area contributed by atoms with Crippen LogP contribution in [0.2, 0.25) is 0 Å². The number of anilines is 1. The molecule has 6 heteroatoms. The molecule has 1 saturated carbocycles. The Morgan fingerprint density at radius 1 is 1.16 bits per heavy atom. The summed E-state index contributed by atoms with van der Waals surface area (Å²) in [6.45, 7) is 9.39. The number of urea groups is 1. The standard InChI is InChI=1S/C26H33N3O3/c1-17(30)18-5-4-6-22(13-18)29-24(31)16-28(25(29)32)21-9-11-27(12-10-21)15-19-7-8-20-14-23(19)26(20,2)3/h4-7,13,20-21,23H,8-12,14-16H2,1-3H3/t20-,23-/m0/s1. The first-order valence-corrected chi connectivity index (χ1v) is 11.9. The normalized spacial score (nSPS) is 28.0. The van der Waals surface area contributed by atoms with Gasteiger partial charge in [0.2, 0.25) is 0 Å². The molecule has 6 rings (SSSR count). The van der Waals surface area contributed by atoms with Crippen molar-refractivity contribution in [1.82, 2.24) is 9.80 Å². The van der Waals surface area contributed by atoms with Gasteiger partial charge in [0.25, 0.3) is 5.91 Å². The third-order valence-corrected chi connectivity index (χ3v) is 8.49. The fourth-order valence-corrected chi connectivity index (χ4v) is 6.23. The van der Waals surface area contributed by atoms with Gasteiger partial charge >= 0.3 is 6.03 Å². The van der Waals surface area contributed by atoms with Crippen LogP contribution in [-0.4, -0.2) is 59.7 Å². The maximum absolute atomic E-state index is 13.1. The lowest BCUT2D eigenvalue weighted by atomic mass is 9.49. The van der Waals surface area contributed by atoms with E-state index in [1.165, 1.54) is 24.7 Å². The predicted molar refractivity (Wildman–Crippen MR) is 124 cm³/mol. The lowest BCUT2D eigenvalue weighted by molar-refractivity contribution is -0.116. The molecule has 0 unspecified atom stereocenters. The number of carbonyl (C=O) groups is 3. The van der Waals surface area contributed by atoms with Crippen LogP contribution in [0, 0.1) is 17.3 Å². The average molecular weight is 436 g/mol. The van der Waals surface area contributed by atoms with Crippen LogP contribution in [-0.2, 0) is 4.79 Å². The molecular formula is C26H33N3O3. The number of Topliss-reactive ketones (excluding diaryl/α,β-unsaturated/α-hetero) is 1. The molecule has 3 amide bonds. The molecule has 0 N–H and O–H groups in total. The Kier molecular flexibility index (Phi) is 5.24. The van der Waals surface area contributed by atoms with E-state index in [0.717, 1.165) is 44.3 Å². The summed E-state index contributed by atoms with van der Waals surface area (Å²) in [5.41, 5.74) is 3.06. The van der Waals surface area contributed by atoms with Crippen molar-refractivity contribution < 1.29 is 14.4 Å². The van der Waals surface area contributed by atoms with Gasteiger partial charge in [0, 0.05) is 31.2 Å². The third-order valence-electron chi connectivity index (χ3n) is 8.49. The number of piperidine rings is 1. The minimum atomic E-state index is -0.258. The van der Waals surface area contributed by atoms with Crippen molar-refractivity contribution in [2.75, 3.05) is 31.1 Å². The molecule has 1 aromatic rings. The number of hydrogen-bond donors (Lipinski definition) is 0. The average Bonchev–Trinajstić information content (AvgIpc) is 3.08. The molecule has 2 aliphatic heterocycles. The van der Waals surface area contributed by atoms with Gasteiger partial charge in [0.15, 0.2) is 5.78 Å². The van der Waals surface area contributed by atoms with Crippen LogP contribution in [0.25, 0.3) is 0 Å². The van der Waals surface area contributed by atoms with Crippen molar-refractivity contribution in [2.24, 2.45) is 17.3 Å². The van der Waals surface area contributed by atoms with Gasteiger partial charge in [-0.2, -0.15) is 0 Å². The van der Waals surface area contributed by atoms with E-state index in [1.54, 1.807) is 34.7 Å². The van der Waals surface area contributed by atoms with E-state index in [2.05, 4.69) is 24.8 Å². The first-order valence-electron chi connectivity index (χ1n) is 11.9. The summed E-state index contributed by atoms with van der Waals surface area (Å²) in [6.07, 6.45) is 6.83. The number of nitrogens with zero attached hydrogens (tertiary/aromatic N) is 3. The minimum absolute atomic E-state index is 0.0796. The number of hydrogen-bond acceptors (Lipinski definition) is 4. The van der Waals surface area contributed by atoms with Crippen molar-refractivity contribution in [3.05, 3.63) is 41.5 Å². The smallest absolute Gasteiger partial charge is 0.312 e. The molecule has 0 spiro atoms. The fourth-order valence-electron chi connectivity index (χ4n) is 6.23. The van der Waals surface area contributed by atoms with Crippen LogP contribution >= 0.6 is 0 Å². The Morgan fingerprint density at radius 2 is 1.91 bits per heavy atom. The molecule has 3 aliphatic carbocycles. The van der Waals surface area contributed by atoms with E-state index >= 15 is 0 Å². The Hall–Kier alpha value is -2.47. The summed E-state index contributed by atoms with van der Waals surface area (Å²) in [7, 11) is 0. The number of amides is 3. The van der Waals surface area contributed by atoms with Gasteiger partial charge < -0.3 is 4.90 Å². The van der Waals surface area contributed by atoms with Gasteiger partial charge in [0.1, 0.15) is 6.54 Å². The van der Waals surface area contributed by atoms with E-state index < -0.39 is 0 Å². The second kappa shape index (κ2) is 7.84. The maximum atomic E-state index is 13.1. The SMILES string of the molecule is CC(=O)c1cccc(N2C(=O)CN(C3CCN(CC4=CC[C@H]5C[C@@H]4C5(C)C)CC3)C2=O)c1. The first-order chi connectivity index (χ1) is 15.3. The molecule has 2 atom stereocenters. The number of ketones is 1. The molecule has 170 valence electrons. The lowest BCUT2D eigenvalue weighted by Gasteiger charge is -2.57. The molecule has 6 nitrogen and oxygen atoms in total.